The van der Waals surface area contributed by atoms with Crippen molar-refractivity contribution in [2.24, 2.45) is 0 Å². The molecule has 0 aliphatic heterocycles. The van der Waals surface area contributed by atoms with Gasteiger partial charge in [-0.05, 0) is 24.2 Å². The molecule has 0 spiro atoms. The van der Waals surface area contributed by atoms with Gasteiger partial charge in [-0.3, -0.25) is 4.79 Å². The van der Waals surface area contributed by atoms with Gasteiger partial charge in [-0.2, -0.15) is 0 Å². The fourth-order valence-electron chi connectivity index (χ4n) is 1.35. The van der Waals surface area contributed by atoms with Crippen LogP contribution < -0.4 is 0 Å². The highest BCUT2D eigenvalue weighted by molar-refractivity contribution is 6.74. The summed E-state index contributed by atoms with van der Waals surface area (Å²) in [4.78, 5) is 10.6. The van der Waals surface area contributed by atoms with Crippen LogP contribution in [-0.2, 0) is 11.0 Å². The van der Waals surface area contributed by atoms with E-state index in [2.05, 4.69) is 20.8 Å². The molecule has 6 heteroatoms. The Bertz CT molecular complexity index is 525. The van der Waals surface area contributed by atoms with E-state index in [0.717, 1.165) is 0 Å². The largest absolute Gasteiger partial charge is 0.412 e. The second kappa shape index (κ2) is 5.91. The summed E-state index contributed by atoms with van der Waals surface area (Å²) in [7, 11) is -2.07. The summed E-state index contributed by atoms with van der Waals surface area (Å²) in [6, 6.07) is 1.25. The molecule has 1 aromatic rings. The van der Waals surface area contributed by atoms with E-state index in [-0.39, 0.29) is 28.5 Å². The van der Waals surface area contributed by atoms with Crippen LogP contribution in [0.3, 0.4) is 0 Å². The molecule has 20 heavy (non-hydrogen) atoms. The van der Waals surface area contributed by atoms with Gasteiger partial charge in [0.1, 0.15) is 0 Å². The second-order valence-electron chi connectivity index (χ2n) is 6.23. The lowest BCUT2D eigenvalue weighted by atomic mass is 10.1. The first kappa shape index (κ1) is 17.3. The average Bonchev–Trinajstić information content (AvgIpc) is 2.31. The maximum Gasteiger partial charge on any atom is 0.192 e. The molecule has 0 fully saturated rings. The van der Waals surface area contributed by atoms with Crippen LogP contribution >= 0.6 is 11.6 Å². The van der Waals surface area contributed by atoms with E-state index in [0.29, 0.717) is 0 Å². The van der Waals surface area contributed by atoms with Gasteiger partial charge >= 0.3 is 0 Å². The highest BCUT2D eigenvalue weighted by Gasteiger charge is 2.37. The van der Waals surface area contributed by atoms with E-state index in [1.54, 1.807) is 0 Å². The smallest absolute Gasteiger partial charge is 0.192 e. The van der Waals surface area contributed by atoms with Gasteiger partial charge < -0.3 is 4.43 Å². The van der Waals surface area contributed by atoms with Gasteiger partial charge in [0.15, 0.2) is 26.2 Å². The van der Waals surface area contributed by atoms with Crippen molar-refractivity contribution in [3.05, 3.63) is 33.9 Å². The van der Waals surface area contributed by atoms with Crippen molar-refractivity contribution in [1.82, 2.24) is 0 Å². The van der Waals surface area contributed by atoms with Crippen LogP contribution in [0.15, 0.2) is 6.07 Å². The average molecular weight is 321 g/mol. The number of halogens is 3. The Balaban J connectivity index is 3.04. The quantitative estimate of drug-likeness (QED) is 0.445. The molecule has 0 aromatic heterocycles. The number of hydrogen-bond donors (Lipinski definition) is 0. The van der Waals surface area contributed by atoms with E-state index < -0.39 is 25.5 Å². The van der Waals surface area contributed by atoms with Gasteiger partial charge in [-0.1, -0.05) is 32.4 Å². The monoisotopic (exact) mass is 320 g/mol. The van der Waals surface area contributed by atoms with Crippen LogP contribution in [0, 0.1) is 11.6 Å². The third-order valence-corrected chi connectivity index (χ3v) is 8.57. The third kappa shape index (κ3) is 3.45. The van der Waals surface area contributed by atoms with Crippen LogP contribution in [0.25, 0.3) is 0 Å². The van der Waals surface area contributed by atoms with E-state index >= 15 is 0 Å². The highest BCUT2D eigenvalue weighted by atomic mass is 35.5. The molecule has 0 radical (unpaired) electrons. The predicted molar refractivity (Wildman–Crippen MR) is 78.7 cm³/mol. The van der Waals surface area contributed by atoms with Crippen LogP contribution in [0.4, 0.5) is 8.78 Å². The van der Waals surface area contributed by atoms with Gasteiger partial charge in [-0.25, -0.2) is 8.78 Å². The molecule has 1 rings (SSSR count). The minimum absolute atomic E-state index is 0.0305. The molecule has 0 atom stereocenters. The number of rotatable bonds is 4. The first-order chi connectivity index (χ1) is 9.01. The molecule has 1 aromatic carbocycles. The summed E-state index contributed by atoms with van der Waals surface area (Å²) in [6.07, 6.45) is 0.208. The molecule has 0 saturated heterocycles. The number of carbonyl (C=O) groups excluding carboxylic acids is 1. The summed E-state index contributed by atoms with van der Waals surface area (Å²) < 4.78 is 33.3. The molecular weight excluding hydrogens is 302 g/mol. The maximum absolute atomic E-state index is 13.8. The standard InChI is InChI=1S/C14H19ClF2O2Si/c1-14(2,3)20(4,5)19-8-9-6-11(15)10(7-18)13(17)12(9)16/h6-7H,8H2,1-5H3. The lowest BCUT2D eigenvalue weighted by Gasteiger charge is -2.36. The summed E-state index contributed by atoms with van der Waals surface area (Å²) in [5.41, 5.74) is -0.428. The van der Waals surface area contributed by atoms with E-state index in [4.69, 9.17) is 16.0 Å². The van der Waals surface area contributed by atoms with Crippen molar-refractivity contribution in [3.63, 3.8) is 0 Å². The predicted octanol–water partition coefficient (Wildman–Crippen LogP) is 4.95. The van der Waals surface area contributed by atoms with Crippen molar-refractivity contribution in [2.75, 3.05) is 0 Å². The third-order valence-electron chi connectivity index (χ3n) is 3.78. The Hall–Kier alpha value is -0.783. The zero-order valence-electron chi connectivity index (χ0n) is 12.3. The molecule has 0 aliphatic rings. The first-order valence-electron chi connectivity index (χ1n) is 6.27. The fraction of sp³-hybridized carbons (Fsp3) is 0.500. The van der Waals surface area contributed by atoms with Crippen molar-refractivity contribution < 1.29 is 18.0 Å². The zero-order chi connectivity index (χ0) is 15.7. The Labute approximate surface area is 124 Å². The number of hydrogen-bond acceptors (Lipinski definition) is 2. The second-order valence-corrected chi connectivity index (χ2v) is 11.4. The molecule has 2 nitrogen and oxygen atoms in total. The minimum Gasteiger partial charge on any atom is -0.412 e. The Morgan fingerprint density at radius 3 is 2.30 bits per heavy atom. The molecule has 0 saturated carbocycles. The maximum atomic E-state index is 13.8. The Morgan fingerprint density at radius 1 is 1.30 bits per heavy atom. The summed E-state index contributed by atoms with van der Waals surface area (Å²) in [5, 5.41) is -0.137. The van der Waals surface area contributed by atoms with Gasteiger partial charge in [0.2, 0.25) is 0 Å². The van der Waals surface area contributed by atoms with Crippen molar-refractivity contribution in [1.29, 1.82) is 0 Å². The molecule has 112 valence electrons. The SMILES string of the molecule is CC(C)(C)[Si](C)(C)OCc1cc(Cl)c(C=O)c(F)c1F. The van der Waals surface area contributed by atoms with Gasteiger partial charge in [0.25, 0.3) is 0 Å². The molecular formula is C14H19ClF2O2Si. The van der Waals surface area contributed by atoms with E-state index in [1.165, 1.54) is 6.07 Å². The van der Waals surface area contributed by atoms with Crippen LogP contribution in [0.5, 0.6) is 0 Å². The fourth-order valence-corrected chi connectivity index (χ4v) is 2.55. The molecule has 0 N–H and O–H groups in total. The van der Waals surface area contributed by atoms with Crippen molar-refractivity contribution in [2.45, 2.75) is 45.5 Å². The van der Waals surface area contributed by atoms with E-state index in [9.17, 15) is 13.6 Å². The van der Waals surface area contributed by atoms with Gasteiger partial charge in [-0.15, -0.1) is 0 Å². The lowest BCUT2D eigenvalue weighted by Crippen LogP contribution is -2.40. The molecule has 0 heterocycles. The number of carbonyl (C=O) groups is 1. The Kier molecular flexibility index (Phi) is 5.11. The topological polar surface area (TPSA) is 26.3 Å². The minimum atomic E-state index is -2.07. The van der Waals surface area contributed by atoms with Crippen molar-refractivity contribution >= 4 is 26.2 Å². The van der Waals surface area contributed by atoms with Crippen molar-refractivity contribution in [3.8, 4) is 0 Å². The summed E-state index contributed by atoms with van der Waals surface area (Å²) in [6.45, 7) is 10.1. The first-order valence-corrected chi connectivity index (χ1v) is 9.55. The van der Waals surface area contributed by atoms with Crippen LogP contribution in [0.2, 0.25) is 23.2 Å². The van der Waals surface area contributed by atoms with Crippen LogP contribution in [-0.4, -0.2) is 14.6 Å². The molecule has 0 aliphatic carbocycles. The number of aldehydes is 1. The van der Waals surface area contributed by atoms with Gasteiger partial charge in [0.05, 0.1) is 17.2 Å². The molecule has 0 bridgehead atoms. The van der Waals surface area contributed by atoms with E-state index in [1.807, 2.05) is 13.1 Å². The molecule has 0 unspecified atom stereocenters. The number of benzene rings is 1. The normalized spacial score (nSPS) is 12.6. The Morgan fingerprint density at radius 2 is 1.85 bits per heavy atom. The highest BCUT2D eigenvalue weighted by Crippen LogP contribution is 2.37. The van der Waals surface area contributed by atoms with Crippen LogP contribution in [0.1, 0.15) is 36.7 Å². The lowest BCUT2D eigenvalue weighted by molar-refractivity contribution is 0.111. The zero-order valence-corrected chi connectivity index (χ0v) is 14.1. The summed E-state index contributed by atoms with van der Waals surface area (Å²) >= 11 is 5.76. The summed E-state index contributed by atoms with van der Waals surface area (Å²) in [5.74, 6) is -2.29. The van der Waals surface area contributed by atoms with Gasteiger partial charge in [0, 0.05) is 5.56 Å². The molecule has 0 amide bonds.